The molecule has 1 saturated heterocycles. The molecule has 146 valence electrons. The number of rotatable bonds is 4. The van der Waals surface area contributed by atoms with Crippen molar-refractivity contribution < 1.29 is 14.7 Å². The largest absolute Gasteiger partial charge is 0.481 e. The first-order valence-corrected chi connectivity index (χ1v) is 10.3. The molecule has 1 heterocycles. The lowest BCUT2D eigenvalue weighted by molar-refractivity contribution is -0.148. The average molecular weight is 377 g/mol. The third-order valence-corrected chi connectivity index (χ3v) is 6.47. The van der Waals surface area contributed by atoms with Crippen molar-refractivity contribution in [1.29, 1.82) is 0 Å². The van der Waals surface area contributed by atoms with Crippen LogP contribution in [0.5, 0.6) is 0 Å². The fourth-order valence-electron chi connectivity index (χ4n) is 4.70. The van der Waals surface area contributed by atoms with Crippen LogP contribution < -0.4 is 0 Å². The summed E-state index contributed by atoms with van der Waals surface area (Å²) in [5.74, 6) is -0.691. The smallest absolute Gasteiger partial charge is 0.314 e. The Hall–Kier alpha value is -2.62. The maximum absolute atomic E-state index is 12.8. The number of fused-ring (bicyclic) bond motifs is 1. The van der Waals surface area contributed by atoms with Gasteiger partial charge in [-0.05, 0) is 60.8 Å². The summed E-state index contributed by atoms with van der Waals surface area (Å²) in [6.07, 6.45) is 6.06. The molecule has 0 radical (unpaired) electrons. The minimum absolute atomic E-state index is 0.0998. The van der Waals surface area contributed by atoms with Crippen molar-refractivity contribution in [3.63, 3.8) is 0 Å². The van der Waals surface area contributed by atoms with Gasteiger partial charge in [-0.25, -0.2) is 0 Å². The molecule has 1 fully saturated rings. The molecule has 1 aliphatic heterocycles. The van der Waals surface area contributed by atoms with Crippen LogP contribution in [0, 0.1) is 0 Å². The molecule has 0 unspecified atom stereocenters. The second-order valence-electron chi connectivity index (χ2n) is 8.12. The molecular formula is C24H27NO3. The minimum atomic E-state index is -0.885. The molecule has 28 heavy (non-hydrogen) atoms. The van der Waals surface area contributed by atoms with E-state index in [1.807, 2.05) is 35.2 Å². The number of carbonyl (C=O) groups is 2. The van der Waals surface area contributed by atoms with Crippen LogP contribution in [0.3, 0.4) is 0 Å². The van der Waals surface area contributed by atoms with Gasteiger partial charge in [0.1, 0.15) is 0 Å². The zero-order chi connectivity index (χ0) is 19.6. The number of hydrogen-bond donors (Lipinski definition) is 1. The summed E-state index contributed by atoms with van der Waals surface area (Å²) in [4.78, 5) is 26.7. The summed E-state index contributed by atoms with van der Waals surface area (Å²) in [5.41, 5.74) is 3.84. The minimum Gasteiger partial charge on any atom is -0.481 e. The topological polar surface area (TPSA) is 57.6 Å². The Bertz CT molecular complexity index is 867. The number of carboxylic acid groups (broad SMARTS) is 1. The number of benzene rings is 2. The van der Waals surface area contributed by atoms with E-state index in [4.69, 9.17) is 0 Å². The first-order valence-electron chi connectivity index (χ1n) is 10.3. The van der Waals surface area contributed by atoms with Crippen LogP contribution in [0.15, 0.2) is 48.5 Å². The van der Waals surface area contributed by atoms with Gasteiger partial charge in [-0.15, -0.1) is 0 Å². The van der Waals surface area contributed by atoms with Crippen LogP contribution in [0.1, 0.15) is 47.9 Å². The highest BCUT2D eigenvalue weighted by atomic mass is 16.4. The monoisotopic (exact) mass is 377 g/mol. The SMILES string of the molecule is O=C(Cc1ccc2c(c1)CCCC2)N1CCC(C(=O)O)(c2ccccc2)CC1. The molecule has 0 atom stereocenters. The Morgan fingerprint density at radius 1 is 0.929 bits per heavy atom. The lowest BCUT2D eigenvalue weighted by Crippen LogP contribution is -2.49. The Balaban J connectivity index is 1.43. The van der Waals surface area contributed by atoms with E-state index in [0.717, 1.165) is 24.0 Å². The molecular weight excluding hydrogens is 350 g/mol. The molecule has 4 nitrogen and oxygen atoms in total. The highest BCUT2D eigenvalue weighted by molar-refractivity contribution is 5.83. The number of amides is 1. The van der Waals surface area contributed by atoms with Gasteiger partial charge < -0.3 is 10.0 Å². The van der Waals surface area contributed by atoms with E-state index < -0.39 is 11.4 Å². The first-order chi connectivity index (χ1) is 13.6. The van der Waals surface area contributed by atoms with Crippen LogP contribution in [0.4, 0.5) is 0 Å². The van der Waals surface area contributed by atoms with E-state index in [1.54, 1.807) is 0 Å². The third-order valence-electron chi connectivity index (χ3n) is 6.47. The summed E-state index contributed by atoms with van der Waals surface area (Å²) >= 11 is 0. The molecule has 0 aromatic heterocycles. The maximum atomic E-state index is 12.8. The number of aliphatic carboxylic acids is 1. The number of hydrogen-bond acceptors (Lipinski definition) is 2. The van der Waals surface area contributed by atoms with Gasteiger partial charge in [0.25, 0.3) is 0 Å². The van der Waals surface area contributed by atoms with Crippen LogP contribution in [-0.4, -0.2) is 35.0 Å². The van der Waals surface area contributed by atoms with Crippen LogP contribution >= 0.6 is 0 Å². The van der Waals surface area contributed by atoms with E-state index >= 15 is 0 Å². The molecule has 1 amide bonds. The Morgan fingerprint density at radius 2 is 1.61 bits per heavy atom. The third kappa shape index (κ3) is 3.56. The molecule has 0 saturated carbocycles. The van der Waals surface area contributed by atoms with Gasteiger partial charge in [0.2, 0.25) is 5.91 Å². The number of nitrogens with zero attached hydrogens (tertiary/aromatic N) is 1. The van der Waals surface area contributed by atoms with Crippen molar-refractivity contribution in [3.8, 4) is 0 Å². The molecule has 4 heteroatoms. The number of carbonyl (C=O) groups excluding carboxylic acids is 1. The zero-order valence-electron chi connectivity index (χ0n) is 16.2. The van der Waals surface area contributed by atoms with E-state index in [2.05, 4.69) is 18.2 Å². The first kappa shape index (κ1) is 18.7. The number of likely N-dealkylation sites (tertiary alicyclic amines) is 1. The van der Waals surface area contributed by atoms with Crippen molar-refractivity contribution in [2.75, 3.05) is 13.1 Å². The standard InChI is InChI=1S/C24H27NO3/c26-22(17-18-10-11-19-6-4-5-7-20(19)16-18)25-14-12-24(13-15-25,23(27)28)21-8-2-1-3-9-21/h1-3,8-11,16H,4-7,12-15,17H2,(H,27,28). The zero-order valence-corrected chi connectivity index (χ0v) is 16.2. The fourth-order valence-corrected chi connectivity index (χ4v) is 4.70. The highest BCUT2D eigenvalue weighted by Gasteiger charge is 2.43. The maximum Gasteiger partial charge on any atom is 0.314 e. The summed E-state index contributed by atoms with van der Waals surface area (Å²) < 4.78 is 0. The Labute approximate surface area is 166 Å². The quantitative estimate of drug-likeness (QED) is 0.883. The van der Waals surface area contributed by atoms with Crippen molar-refractivity contribution in [3.05, 3.63) is 70.8 Å². The molecule has 0 bridgehead atoms. The number of carboxylic acids is 1. The molecule has 2 aromatic carbocycles. The van der Waals surface area contributed by atoms with Gasteiger partial charge in [0.15, 0.2) is 0 Å². The van der Waals surface area contributed by atoms with Gasteiger partial charge >= 0.3 is 5.97 Å². The molecule has 2 aromatic rings. The van der Waals surface area contributed by atoms with E-state index in [-0.39, 0.29) is 5.91 Å². The molecule has 2 aliphatic rings. The predicted octanol–water partition coefficient (Wildman–Crippen LogP) is 3.75. The van der Waals surface area contributed by atoms with Gasteiger partial charge in [-0.2, -0.15) is 0 Å². The fraction of sp³-hybridized carbons (Fsp3) is 0.417. The van der Waals surface area contributed by atoms with E-state index in [9.17, 15) is 14.7 Å². The summed E-state index contributed by atoms with van der Waals surface area (Å²) in [6, 6.07) is 15.9. The number of aryl methyl sites for hydroxylation is 2. The van der Waals surface area contributed by atoms with Gasteiger partial charge in [-0.1, -0.05) is 48.5 Å². The normalized spacial score (nSPS) is 18.4. The molecule has 1 aliphatic carbocycles. The Kier molecular flexibility index (Phi) is 5.21. The van der Waals surface area contributed by atoms with E-state index in [1.165, 1.54) is 24.0 Å². The van der Waals surface area contributed by atoms with Crippen molar-refractivity contribution in [2.45, 2.75) is 50.4 Å². The second kappa shape index (κ2) is 7.78. The summed E-state index contributed by atoms with van der Waals surface area (Å²) in [5, 5.41) is 9.91. The highest BCUT2D eigenvalue weighted by Crippen LogP contribution is 2.36. The number of piperidine rings is 1. The summed E-state index contributed by atoms with van der Waals surface area (Å²) in [7, 11) is 0. The van der Waals surface area contributed by atoms with Crippen LogP contribution in [0.25, 0.3) is 0 Å². The second-order valence-corrected chi connectivity index (χ2v) is 8.12. The lowest BCUT2D eigenvalue weighted by atomic mass is 9.73. The van der Waals surface area contributed by atoms with Crippen molar-refractivity contribution in [1.82, 2.24) is 4.90 Å². The van der Waals surface area contributed by atoms with E-state index in [0.29, 0.717) is 32.4 Å². The lowest BCUT2D eigenvalue weighted by Gasteiger charge is -2.39. The Morgan fingerprint density at radius 3 is 2.29 bits per heavy atom. The van der Waals surface area contributed by atoms with Crippen LogP contribution in [-0.2, 0) is 34.3 Å². The van der Waals surface area contributed by atoms with Crippen molar-refractivity contribution in [2.24, 2.45) is 0 Å². The predicted molar refractivity (Wildman–Crippen MR) is 108 cm³/mol. The molecule has 1 N–H and O–H groups in total. The summed E-state index contributed by atoms with van der Waals surface area (Å²) in [6.45, 7) is 0.982. The van der Waals surface area contributed by atoms with Crippen molar-refractivity contribution >= 4 is 11.9 Å². The van der Waals surface area contributed by atoms with Gasteiger partial charge in [0, 0.05) is 13.1 Å². The molecule has 0 spiro atoms. The average Bonchev–Trinajstić information content (AvgIpc) is 2.74. The van der Waals surface area contributed by atoms with Gasteiger partial charge in [0.05, 0.1) is 11.8 Å². The van der Waals surface area contributed by atoms with Gasteiger partial charge in [-0.3, -0.25) is 9.59 Å². The molecule has 4 rings (SSSR count). The van der Waals surface area contributed by atoms with Crippen LogP contribution in [0.2, 0.25) is 0 Å².